The number of likely N-dealkylation sites (N-methyl/N-ethyl adjacent to an activating group) is 1. The van der Waals surface area contributed by atoms with Crippen LogP contribution < -0.4 is 0 Å². The molecule has 0 radical (unpaired) electrons. The van der Waals surface area contributed by atoms with Gasteiger partial charge in [0.1, 0.15) is 0 Å². The molecule has 0 aromatic carbocycles. The molecule has 1 fully saturated rings. The van der Waals surface area contributed by atoms with Gasteiger partial charge < -0.3 is 9.80 Å². The minimum Gasteiger partial charge on any atom is -0.339 e. The third-order valence-corrected chi connectivity index (χ3v) is 3.08. The Labute approximate surface area is 92.0 Å². The molecule has 0 aromatic heterocycles. The molecule has 1 amide bonds. The fourth-order valence-corrected chi connectivity index (χ4v) is 1.86. The number of likely N-dealkylation sites (tertiary alicyclic amines) is 1. The highest BCUT2D eigenvalue weighted by Gasteiger charge is 2.24. The standard InChI is InChI=1S/C12H20N2O/c1-5-10(2)12(15)14(4)11-6-8-13(3)9-7-11/h5,11H,1-2,6-9H2,3-4H3. The molecule has 84 valence electrons. The van der Waals surface area contributed by atoms with E-state index >= 15 is 0 Å². The Bertz CT molecular complexity index is 265. The van der Waals surface area contributed by atoms with Crippen LogP contribution in [0.1, 0.15) is 12.8 Å². The number of hydrogen-bond donors (Lipinski definition) is 0. The predicted octanol–water partition coefficient (Wildman–Crippen LogP) is 1.28. The van der Waals surface area contributed by atoms with E-state index < -0.39 is 0 Å². The fourth-order valence-electron chi connectivity index (χ4n) is 1.86. The molecule has 0 saturated carbocycles. The van der Waals surface area contributed by atoms with Gasteiger partial charge in [-0.15, -0.1) is 0 Å². The normalized spacial score (nSPS) is 18.5. The summed E-state index contributed by atoms with van der Waals surface area (Å²) in [6, 6.07) is 0.352. The van der Waals surface area contributed by atoms with Crippen LogP contribution >= 0.6 is 0 Å². The summed E-state index contributed by atoms with van der Waals surface area (Å²) in [5, 5.41) is 0. The average Bonchev–Trinajstić information content (AvgIpc) is 2.27. The van der Waals surface area contributed by atoms with E-state index in [1.165, 1.54) is 6.08 Å². The van der Waals surface area contributed by atoms with Crippen molar-refractivity contribution < 1.29 is 4.79 Å². The molecule has 0 aromatic rings. The van der Waals surface area contributed by atoms with Crippen LogP contribution in [0.25, 0.3) is 0 Å². The van der Waals surface area contributed by atoms with Crippen molar-refractivity contribution in [2.75, 3.05) is 27.2 Å². The molecule has 0 unspecified atom stereocenters. The van der Waals surface area contributed by atoms with Crippen molar-refractivity contribution in [2.45, 2.75) is 18.9 Å². The quantitative estimate of drug-likeness (QED) is 0.515. The molecule has 1 heterocycles. The first-order valence-corrected chi connectivity index (χ1v) is 5.33. The number of hydrogen-bond acceptors (Lipinski definition) is 2. The summed E-state index contributed by atoms with van der Waals surface area (Å²) >= 11 is 0. The van der Waals surface area contributed by atoms with Gasteiger partial charge in [-0.2, -0.15) is 0 Å². The van der Waals surface area contributed by atoms with Crippen LogP contribution in [-0.2, 0) is 4.79 Å². The Hall–Kier alpha value is -1.09. The molecule has 0 spiro atoms. The van der Waals surface area contributed by atoms with Gasteiger partial charge in [0.2, 0.25) is 0 Å². The van der Waals surface area contributed by atoms with Crippen LogP contribution in [0.2, 0.25) is 0 Å². The summed E-state index contributed by atoms with van der Waals surface area (Å²) in [7, 11) is 3.97. The molecule has 0 aliphatic carbocycles. The molecule has 0 bridgehead atoms. The summed E-state index contributed by atoms with van der Waals surface area (Å²) < 4.78 is 0. The van der Waals surface area contributed by atoms with Gasteiger partial charge in [0.25, 0.3) is 5.91 Å². The molecular formula is C12H20N2O. The Balaban J connectivity index is 2.53. The lowest BCUT2D eigenvalue weighted by molar-refractivity contribution is -0.128. The lowest BCUT2D eigenvalue weighted by atomic mass is 10.0. The van der Waals surface area contributed by atoms with Crippen LogP contribution in [0, 0.1) is 0 Å². The van der Waals surface area contributed by atoms with E-state index in [4.69, 9.17) is 0 Å². The third-order valence-electron chi connectivity index (χ3n) is 3.08. The van der Waals surface area contributed by atoms with Crippen LogP contribution in [-0.4, -0.2) is 48.9 Å². The summed E-state index contributed by atoms with van der Waals surface area (Å²) in [6.07, 6.45) is 3.61. The van der Waals surface area contributed by atoms with Gasteiger partial charge in [0, 0.05) is 18.7 Å². The van der Waals surface area contributed by atoms with Crippen LogP contribution in [0.3, 0.4) is 0 Å². The number of amides is 1. The SMILES string of the molecule is C=CC(=C)C(=O)N(C)C1CCN(C)CC1. The molecule has 0 N–H and O–H groups in total. The Morgan fingerprint density at radius 3 is 2.47 bits per heavy atom. The highest BCUT2D eigenvalue weighted by Crippen LogP contribution is 2.15. The second-order valence-corrected chi connectivity index (χ2v) is 4.18. The monoisotopic (exact) mass is 208 g/mol. The Kier molecular flexibility index (Phi) is 4.09. The maximum absolute atomic E-state index is 11.8. The topological polar surface area (TPSA) is 23.6 Å². The van der Waals surface area contributed by atoms with Crippen LogP contribution in [0.4, 0.5) is 0 Å². The van der Waals surface area contributed by atoms with Gasteiger partial charge in [-0.1, -0.05) is 19.2 Å². The number of piperidine rings is 1. The van der Waals surface area contributed by atoms with Gasteiger partial charge in [-0.05, 0) is 33.0 Å². The molecular weight excluding hydrogens is 188 g/mol. The lowest BCUT2D eigenvalue weighted by Gasteiger charge is -2.35. The second kappa shape index (κ2) is 5.12. The molecule has 3 heteroatoms. The van der Waals surface area contributed by atoms with E-state index in [1.807, 2.05) is 7.05 Å². The molecule has 1 saturated heterocycles. The Morgan fingerprint density at radius 2 is 2.00 bits per heavy atom. The minimum atomic E-state index is -0.000414. The van der Waals surface area contributed by atoms with Crippen molar-refractivity contribution in [3.05, 3.63) is 24.8 Å². The third kappa shape index (κ3) is 2.93. The first kappa shape index (κ1) is 12.0. The molecule has 1 rings (SSSR count). The number of carbonyl (C=O) groups excluding carboxylic acids is 1. The molecule has 0 atom stereocenters. The summed E-state index contributed by atoms with van der Waals surface area (Å²) in [5.41, 5.74) is 0.483. The van der Waals surface area contributed by atoms with E-state index in [0.29, 0.717) is 11.6 Å². The second-order valence-electron chi connectivity index (χ2n) is 4.18. The highest BCUT2D eigenvalue weighted by atomic mass is 16.2. The first-order chi connectivity index (χ1) is 7.06. The Morgan fingerprint density at radius 1 is 1.47 bits per heavy atom. The number of carbonyl (C=O) groups is 1. The summed E-state index contributed by atoms with van der Waals surface area (Å²) in [5.74, 6) is -0.000414. The van der Waals surface area contributed by atoms with E-state index in [9.17, 15) is 4.79 Å². The highest BCUT2D eigenvalue weighted by molar-refractivity contribution is 5.95. The summed E-state index contributed by atoms with van der Waals surface area (Å²) in [4.78, 5) is 15.9. The van der Waals surface area contributed by atoms with Crippen molar-refractivity contribution in [1.82, 2.24) is 9.80 Å². The number of nitrogens with zero attached hydrogens (tertiary/aromatic N) is 2. The van der Waals surface area contributed by atoms with Crippen LogP contribution in [0.15, 0.2) is 24.8 Å². The smallest absolute Gasteiger partial charge is 0.253 e. The van der Waals surface area contributed by atoms with Crippen molar-refractivity contribution in [2.24, 2.45) is 0 Å². The van der Waals surface area contributed by atoms with Crippen molar-refractivity contribution >= 4 is 5.91 Å². The van der Waals surface area contributed by atoms with E-state index in [-0.39, 0.29) is 5.91 Å². The predicted molar refractivity (Wildman–Crippen MR) is 62.6 cm³/mol. The van der Waals surface area contributed by atoms with Gasteiger partial charge >= 0.3 is 0 Å². The maximum atomic E-state index is 11.8. The maximum Gasteiger partial charge on any atom is 0.253 e. The van der Waals surface area contributed by atoms with Gasteiger partial charge in [-0.3, -0.25) is 4.79 Å². The lowest BCUT2D eigenvalue weighted by Crippen LogP contribution is -2.44. The zero-order valence-corrected chi connectivity index (χ0v) is 9.70. The van der Waals surface area contributed by atoms with E-state index in [1.54, 1.807) is 4.90 Å². The number of rotatable bonds is 3. The summed E-state index contributed by atoms with van der Waals surface area (Å²) in [6.45, 7) is 9.37. The molecule has 1 aliphatic heterocycles. The van der Waals surface area contributed by atoms with Crippen molar-refractivity contribution in [3.63, 3.8) is 0 Å². The minimum absolute atomic E-state index is 0.000414. The van der Waals surface area contributed by atoms with Crippen LogP contribution in [0.5, 0.6) is 0 Å². The van der Waals surface area contributed by atoms with Gasteiger partial charge in [-0.25, -0.2) is 0 Å². The zero-order chi connectivity index (χ0) is 11.4. The van der Waals surface area contributed by atoms with Gasteiger partial charge in [0.15, 0.2) is 0 Å². The first-order valence-electron chi connectivity index (χ1n) is 5.33. The molecule has 3 nitrogen and oxygen atoms in total. The zero-order valence-electron chi connectivity index (χ0n) is 9.70. The average molecular weight is 208 g/mol. The van der Waals surface area contributed by atoms with Gasteiger partial charge in [0.05, 0.1) is 0 Å². The fraction of sp³-hybridized carbons (Fsp3) is 0.583. The van der Waals surface area contributed by atoms with E-state index in [2.05, 4.69) is 25.1 Å². The van der Waals surface area contributed by atoms with Crippen molar-refractivity contribution in [1.29, 1.82) is 0 Å². The van der Waals surface area contributed by atoms with Crippen molar-refractivity contribution in [3.8, 4) is 0 Å². The molecule has 1 aliphatic rings. The largest absolute Gasteiger partial charge is 0.339 e. The molecule has 15 heavy (non-hydrogen) atoms. The van der Waals surface area contributed by atoms with E-state index in [0.717, 1.165) is 25.9 Å².